The summed E-state index contributed by atoms with van der Waals surface area (Å²) in [5, 5.41) is 2.61. The summed E-state index contributed by atoms with van der Waals surface area (Å²) in [6, 6.07) is 8.08. The van der Waals surface area contributed by atoms with Crippen LogP contribution in [0.1, 0.15) is 15.9 Å². The van der Waals surface area contributed by atoms with E-state index in [2.05, 4.69) is 26.2 Å². The fourth-order valence-electron chi connectivity index (χ4n) is 1.49. The van der Waals surface area contributed by atoms with Gasteiger partial charge < -0.3 is 5.32 Å². The monoisotopic (exact) mass is 308 g/mol. The first kappa shape index (κ1) is 12.7. The second-order valence-corrected chi connectivity index (χ2v) is 4.48. The third-order valence-electron chi connectivity index (χ3n) is 2.44. The number of aromatic nitrogens is 1. The van der Waals surface area contributed by atoms with Gasteiger partial charge in [-0.15, -0.1) is 0 Å². The largest absolute Gasteiger partial charge is 0.320 e. The van der Waals surface area contributed by atoms with E-state index in [0.29, 0.717) is 15.9 Å². The van der Waals surface area contributed by atoms with Gasteiger partial charge in [0.2, 0.25) is 0 Å². The Balaban J connectivity index is 2.28. The molecule has 0 fully saturated rings. The number of hydrogen-bond donors (Lipinski definition) is 1. The van der Waals surface area contributed by atoms with Crippen LogP contribution in [0, 0.1) is 12.7 Å². The summed E-state index contributed by atoms with van der Waals surface area (Å²) in [6.07, 6.45) is 1.59. The molecule has 2 rings (SSSR count). The first-order valence-corrected chi connectivity index (χ1v) is 6.06. The molecule has 0 aliphatic carbocycles. The number of nitrogens with zero attached hydrogens (tertiary/aromatic N) is 1. The number of amides is 1. The summed E-state index contributed by atoms with van der Waals surface area (Å²) < 4.78 is 14.3. The van der Waals surface area contributed by atoms with Crippen molar-refractivity contribution in [3.05, 3.63) is 58.1 Å². The molecule has 0 saturated heterocycles. The van der Waals surface area contributed by atoms with Crippen LogP contribution in [0.3, 0.4) is 0 Å². The number of pyridine rings is 1. The molecule has 1 aromatic carbocycles. The number of carbonyl (C=O) groups is 1. The van der Waals surface area contributed by atoms with Crippen molar-refractivity contribution < 1.29 is 9.18 Å². The van der Waals surface area contributed by atoms with Crippen molar-refractivity contribution in [3.8, 4) is 0 Å². The number of carbonyl (C=O) groups excluding carboxylic acids is 1. The van der Waals surface area contributed by atoms with Crippen LogP contribution in [0.5, 0.6) is 0 Å². The van der Waals surface area contributed by atoms with Crippen molar-refractivity contribution in [2.75, 3.05) is 5.32 Å². The van der Waals surface area contributed by atoms with E-state index in [1.807, 2.05) is 0 Å². The van der Waals surface area contributed by atoms with Gasteiger partial charge in [0.1, 0.15) is 10.4 Å². The summed E-state index contributed by atoms with van der Waals surface area (Å²) in [5.41, 5.74) is 0.960. The van der Waals surface area contributed by atoms with Crippen LogP contribution in [-0.2, 0) is 0 Å². The average Bonchev–Trinajstić information content (AvgIpc) is 2.35. The maximum Gasteiger partial charge on any atom is 0.258 e. The Kier molecular flexibility index (Phi) is 3.72. The van der Waals surface area contributed by atoms with Gasteiger partial charge in [-0.2, -0.15) is 0 Å². The minimum Gasteiger partial charge on any atom is -0.320 e. The van der Waals surface area contributed by atoms with Crippen LogP contribution in [-0.4, -0.2) is 10.9 Å². The molecular weight excluding hydrogens is 299 g/mol. The lowest BCUT2D eigenvalue weighted by Crippen LogP contribution is -2.14. The number of anilines is 1. The molecule has 18 heavy (non-hydrogen) atoms. The predicted octanol–water partition coefficient (Wildman–Crippen LogP) is 3.54. The number of rotatable bonds is 2. The molecule has 1 heterocycles. The van der Waals surface area contributed by atoms with E-state index in [1.165, 1.54) is 6.07 Å². The van der Waals surface area contributed by atoms with Crippen LogP contribution in [0.25, 0.3) is 0 Å². The lowest BCUT2D eigenvalue weighted by Gasteiger charge is -2.08. The van der Waals surface area contributed by atoms with E-state index < -0.39 is 11.7 Å². The maximum absolute atomic E-state index is 13.8. The second-order valence-electron chi connectivity index (χ2n) is 3.73. The Bertz CT molecular complexity index is 601. The van der Waals surface area contributed by atoms with Gasteiger partial charge in [-0.1, -0.05) is 12.1 Å². The molecule has 0 unspecified atom stereocenters. The Hall–Kier alpha value is -1.75. The van der Waals surface area contributed by atoms with Gasteiger partial charge in [-0.25, -0.2) is 9.37 Å². The molecule has 5 heteroatoms. The molecule has 1 aromatic heterocycles. The zero-order valence-corrected chi connectivity index (χ0v) is 11.2. The molecular formula is C13H10BrFN2O. The van der Waals surface area contributed by atoms with Gasteiger partial charge in [0.15, 0.2) is 0 Å². The van der Waals surface area contributed by atoms with Gasteiger partial charge in [0, 0.05) is 6.20 Å². The number of aryl methyl sites for hydroxylation is 1. The molecule has 2 aromatic rings. The van der Waals surface area contributed by atoms with Crippen LogP contribution in [0.2, 0.25) is 0 Å². The maximum atomic E-state index is 13.8. The van der Waals surface area contributed by atoms with E-state index in [-0.39, 0.29) is 5.56 Å². The number of halogens is 2. The number of hydrogen-bond acceptors (Lipinski definition) is 2. The van der Waals surface area contributed by atoms with E-state index in [4.69, 9.17) is 0 Å². The summed E-state index contributed by atoms with van der Waals surface area (Å²) in [5.74, 6) is -1.00. The van der Waals surface area contributed by atoms with Crippen molar-refractivity contribution in [3.63, 3.8) is 0 Å². The number of benzene rings is 1. The minimum absolute atomic E-state index is 0.0192. The highest BCUT2D eigenvalue weighted by Gasteiger charge is 2.14. The zero-order valence-electron chi connectivity index (χ0n) is 9.58. The van der Waals surface area contributed by atoms with Crippen molar-refractivity contribution in [2.24, 2.45) is 0 Å². The molecule has 0 atom stereocenters. The zero-order chi connectivity index (χ0) is 13.1. The molecule has 92 valence electrons. The fourth-order valence-corrected chi connectivity index (χ4v) is 1.84. The van der Waals surface area contributed by atoms with Gasteiger partial charge >= 0.3 is 0 Å². The fraction of sp³-hybridized carbons (Fsp3) is 0.0769. The topological polar surface area (TPSA) is 42.0 Å². The molecule has 0 radical (unpaired) electrons. The molecule has 0 spiro atoms. The molecule has 3 nitrogen and oxygen atoms in total. The summed E-state index contributed by atoms with van der Waals surface area (Å²) in [4.78, 5) is 15.9. The van der Waals surface area contributed by atoms with Gasteiger partial charge in [-0.3, -0.25) is 4.79 Å². The highest BCUT2D eigenvalue weighted by atomic mass is 79.9. The van der Waals surface area contributed by atoms with E-state index in [9.17, 15) is 9.18 Å². The van der Waals surface area contributed by atoms with Crippen LogP contribution in [0.15, 0.2) is 41.1 Å². The molecule has 1 amide bonds. The highest BCUT2D eigenvalue weighted by Crippen LogP contribution is 2.20. The Morgan fingerprint density at radius 1 is 1.33 bits per heavy atom. The standard InChI is InChI=1S/C13H10BrFN2O/c1-8-4-2-5-9(11(8)15)13(18)17-10-6-3-7-16-12(10)14/h2-7H,1H3,(H,17,18). The smallest absolute Gasteiger partial charge is 0.258 e. The van der Waals surface area contributed by atoms with Crippen LogP contribution in [0.4, 0.5) is 10.1 Å². The Labute approximate surface area is 112 Å². The third-order valence-corrected chi connectivity index (χ3v) is 3.08. The Morgan fingerprint density at radius 3 is 2.83 bits per heavy atom. The highest BCUT2D eigenvalue weighted by molar-refractivity contribution is 9.10. The van der Waals surface area contributed by atoms with E-state index in [0.717, 1.165) is 0 Å². The SMILES string of the molecule is Cc1cccc(C(=O)Nc2cccnc2Br)c1F. The molecule has 0 saturated carbocycles. The summed E-state index contributed by atoms with van der Waals surface area (Å²) in [7, 11) is 0. The lowest BCUT2D eigenvalue weighted by atomic mass is 10.1. The minimum atomic E-state index is -0.505. The molecule has 0 aliphatic heterocycles. The van der Waals surface area contributed by atoms with Gasteiger partial charge in [0.25, 0.3) is 5.91 Å². The normalized spacial score (nSPS) is 10.2. The first-order chi connectivity index (χ1) is 8.59. The first-order valence-electron chi connectivity index (χ1n) is 5.26. The van der Waals surface area contributed by atoms with Crippen molar-refractivity contribution in [1.82, 2.24) is 4.98 Å². The van der Waals surface area contributed by atoms with Crippen LogP contribution >= 0.6 is 15.9 Å². The van der Waals surface area contributed by atoms with Gasteiger partial charge in [-0.05, 0) is 46.6 Å². The van der Waals surface area contributed by atoms with Crippen molar-refractivity contribution >= 4 is 27.5 Å². The molecule has 1 N–H and O–H groups in total. The summed E-state index contributed by atoms with van der Waals surface area (Å²) in [6.45, 7) is 1.62. The second kappa shape index (κ2) is 5.27. The van der Waals surface area contributed by atoms with Gasteiger partial charge in [0.05, 0.1) is 11.3 Å². The Morgan fingerprint density at radius 2 is 2.11 bits per heavy atom. The summed E-state index contributed by atoms with van der Waals surface area (Å²) >= 11 is 3.21. The molecule has 0 aliphatic rings. The van der Waals surface area contributed by atoms with Crippen LogP contribution < -0.4 is 5.32 Å². The third kappa shape index (κ3) is 2.56. The predicted molar refractivity (Wildman–Crippen MR) is 71.0 cm³/mol. The number of nitrogens with one attached hydrogen (secondary N) is 1. The van der Waals surface area contributed by atoms with Crippen molar-refractivity contribution in [2.45, 2.75) is 6.92 Å². The van der Waals surface area contributed by atoms with E-state index >= 15 is 0 Å². The lowest BCUT2D eigenvalue weighted by molar-refractivity contribution is 0.102. The van der Waals surface area contributed by atoms with Crippen molar-refractivity contribution in [1.29, 1.82) is 0 Å². The molecule has 0 bridgehead atoms. The average molecular weight is 309 g/mol. The van der Waals surface area contributed by atoms with E-state index in [1.54, 1.807) is 37.4 Å². The quantitative estimate of drug-likeness (QED) is 0.862.